The summed E-state index contributed by atoms with van der Waals surface area (Å²) in [6.45, 7) is 2.47. The summed E-state index contributed by atoms with van der Waals surface area (Å²) < 4.78 is 11.3. The molecule has 0 bridgehead atoms. The molecule has 34 heavy (non-hydrogen) atoms. The number of hydrogen-bond acceptors (Lipinski definition) is 6. The molecule has 0 aliphatic carbocycles. The Kier molecular flexibility index (Phi) is 7.04. The van der Waals surface area contributed by atoms with E-state index < -0.39 is 0 Å². The van der Waals surface area contributed by atoms with E-state index in [4.69, 9.17) is 9.15 Å². The quantitative estimate of drug-likeness (QED) is 0.412. The van der Waals surface area contributed by atoms with Crippen molar-refractivity contribution in [3.8, 4) is 28.7 Å². The van der Waals surface area contributed by atoms with E-state index in [9.17, 15) is 4.79 Å². The van der Waals surface area contributed by atoms with Gasteiger partial charge in [-0.3, -0.25) is 4.79 Å². The molecule has 0 spiro atoms. The summed E-state index contributed by atoms with van der Waals surface area (Å²) in [6.07, 6.45) is 0. The van der Waals surface area contributed by atoms with E-state index in [0.717, 1.165) is 28.0 Å². The van der Waals surface area contributed by atoms with Crippen molar-refractivity contribution >= 4 is 5.91 Å². The number of nitrogens with zero attached hydrogens (tertiary/aromatic N) is 3. The van der Waals surface area contributed by atoms with Crippen LogP contribution >= 0.6 is 0 Å². The van der Waals surface area contributed by atoms with Crippen LogP contribution in [0.3, 0.4) is 0 Å². The lowest BCUT2D eigenvalue weighted by Crippen LogP contribution is -2.34. The highest BCUT2D eigenvalue weighted by Crippen LogP contribution is 2.28. The van der Waals surface area contributed by atoms with Crippen LogP contribution < -0.4 is 10.1 Å². The van der Waals surface area contributed by atoms with Crippen LogP contribution in [-0.4, -0.2) is 48.8 Å². The number of likely N-dealkylation sites (N-methyl/N-ethyl adjacent to an activating group) is 1. The number of nitrogens with one attached hydrogen (secondary N) is 1. The number of benzene rings is 3. The summed E-state index contributed by atoms with van der Waals surface area (Å²) in [4.78, 5) is 14.9. The van der Waals surface area contributed by atoms with E-state index in [-0.39, 0.29) is 11.9 Å². The number of hydrogen-bond donors (Lipinski definition) is 1. The Labute approximate surface area is 199 Å². The lowest BCUT2D eigenvalue weighted by molar-refractivity contribution is 0.0941. The third-order valence-electron chi connectivity index (χ3n) is 5.69. The van der Waals surface area contributed by atoms with Crippen LogP contribution in [0, 0.1) is 6.92 Å². The fourth-order valence-electron chi connectivity index (χ4n) is 3.72. The van der Waals surface area contributed by atoms with Crippen LogP contribution in [0.4, 0.5) is 0 Å². The summed E-state index contributed by atoms with van der Waals surface area (Å²) in [5.74, 6) is 1.51. The molecule has 0 fully saturated rings. The van der Waals surface area contributed by atoms with Gasteiger partial charge in [0.15, 0.2) is 0 Å². The van der Waals surface area contributed by atoms with Gasteiger partial charge in [-0.1, -0.05) is 35.9 Å². The monoisotopic (exact) mass is 456 g/mol. The zero-order valence-electron chi connectivity index (χ0n) is 19.8. The van der Waals surface area contributed by atoms with E-state index in [1.807, 2.05) is 81.7 Å². The smallest absolute Gasteiger partial charge is 0.251 e. The molecular formula is C27H28N4O3. The van der Waals surface area contributed by atoms with Crippen LogP contribution in [-0.2, 0) is 0 Å². The van der Waals surface area contributed by atoms with Crippen molar-refractivity contribution in [3.05, 3.63) is 89.5 Å². The molecule has 0 radical (unpaired) electrons. The van der Waals surface area contributed by atoms with E-state index in [0.29, 0.717) is 23.9 Å². The van der Waals surface area contributed by atoms with Crippen molar-refractivity contribution in [1.29, 1.82) is 0 Å². The highest BCUT2D eigenvalue weighted by molar-refractivity contribution is 5.94. The number of rotatable bonds is 8. The van der Waals surface area contributed by atoms with Gasteiger partial charge >= 0.3 is 0 Å². The first kappa shape index (κ1) is 23.2. The van der Waals surface area contributed by atoms with Gasteiger partial charge < -0.3 is 19.4 Å². The Balaban J connectivity index is 1.43. The molecule has 4 rings (SSSR count). The van der Waals surface area contributed by atoms with Crippen molar-refractivity contribution in [2.45, 2.75) is 13.0 Å². The first-order valence-corrected chi connectivity index (χ1v) is 11.0. The number of ether oxygens (including phenoxy) is 1. The molecule has 4 aromatic rings. The van der Waals surface area contributed by atoms with E-state index in [2.05, 4.69) is 20.4 Å². The van der Waals surface area contributed by atoms with E-state index >= 15 is 0 Å². The fraction of sp³-hybridized carbons (Fsp3) is 0.222. The number of aryl methyl sites for hydroxylation is 1. The molecule has 3 aromatic carbocycles. The average molecular weight is 457 g/mol. The van der Waals surface area contributed by atoms with Crippen molar-refractivity contribution in [1.82, 2.24) is 20.4 Å². The van der Waals surface area contributed by atoms with Gasteiger partial charge in [-0.25, -0.2) is 0 Å². The lowest BCUT2D eigenvalue weighted by Gasteiger charge is -2.26. The van der Waals surface area contributed by atoms with Gasteiger partial charge in [-0.05, 0) is 63.5 Å². The molecule has 1 N–H and O–H groups in total. The number of carbonyl (C=O) groups excluding carboxylic acids is 1. The second-order valence-electron chi connectivity index (χ2n) is 8.29. The summed E-state index contributed by atoms with van der Waals surface area (Å²) >= 11 is 0. The molecule has 0 saturated heterocycles. The van der Waals surface area contributed by atoms with Crippen molar-refractivity contribution < 1.29 is 13.9 Å². The molecule has 174 valence electrons. The maximum absolute atomic E-state index is 12.8. The Morgan fingerprint density at radius 3 is 2.12 bits per heavy atom. The molecule has 0 saturated carbocycles. The summed E-state index contributed by atoms with van der Waals surface area (Å²) in [5.41, 5.74) is 4.36. The van der Waals surface area contributed by atoms with Crippen LogP contribution in [0.5, 0.6) is 5.75 Å². The highest BCUT2D eigenvalue weighted by Gasteiger charge is 2.19. The standard InChI is InChI=1S/C27H28N4O3/c1-18-9-11-20(12-10-18)26-29-30-27(34-26)21-15-13-19(14-16-21)25(32)28-17-23(31(2)3)22-7-5-6-8-24(22)33-4/h5-16,23H,17H2,1-4H3,(H,28,32). The van der Waals surface area contributed by atoms with Gasteiger partial charge in [0.2, 0.25) is 11.8 Å². The summed E-state index contributed by atoms with van der Waals surface area (Å²) in [6, 6.07) is 22.9. The van der Waals surface area contributed by atoms with Crippen molar-refractivity contribution in [2.75, 3.05) is 27.7 Å². The minimum atomic E-state index is -0.154. The van der Waals surface area contributed by atoms with Crippen molar-refractivity contribution in [2.24, 2.45) is 0 Å². The van der Waals surface area contributed by atoms with Gasteiger partial charge in [0.05, 0.1) is 13.2 Å². The molecule has 0 aliphatic heterocycles. The van der Waals surface area contributed by atoms with E-state index in [1.165, 1.54) is 0 Å². The first-order valence-electron chi connectivity index (χ1n) is 11.0. The normalized spacial score (nSPS) is 11.9. The van der Waals surface area contributed by atoms with Gasteiger partial charge in [-0.2, -0.15) is 0 Å². The zero-order valence-corrected chi connectivity index (χ0v) is 19.8. The predicted octanol–water partition coefficient (Wildman–Crippen LogP) is 4.75. The maximum Gasteiger partial charge on any atom is 0.251 e. The molecule has 1 heterocycles. The summed E-state index contributed by atoms with van der Waals surface area (Å²) in [7, 11) is 5.61. The molecule has 1 aromatic heterocycles. The fourth-order valence-corrected chi connectivity index (χ4v) is 3.72. The number of methoxy groups -OCH3 is 1. The Morgan fingerprint density at radius 2 is 1.53 bits per heavy atom. The molecule has 1 atom stereocenters. The van der Waals surface area contributed by atoms with Crippen LogP contribution in [0.1, 0.15) is 27.5 Å². The Hall–Kier alpha value is -3.97. The maximum atomic E-state index is 12.8. The van der Waals surface area contributed by atoms with Crippen LogP contribution in [0.2, 0.25) is 0 Å². The van der Waals surface area contributed by atoms with Gasteiger partial charge in [0.25, 0.3) is 5.91 Å². The van der Waals surface area contributed by atoms with Crippen LogP contribution in [0.15, 0.2) is 77.2 Å². The van der Waals surface area contributed by atoms with Gasteiger partial charge in [-0.15, -0.1) is 10.2 Å². The third kappa shape index (κ3) is 5.15. The summed E-state index contributed by atoms with van der Waals surface area (Å²) in [5, 5.41) is 11.3. The first-order chi connectivity index (χ1) is 16.5. The minimum Gasteiger partial charge on any atom is -0.496 e. The minimum absolute atomic E-state index is 0.0297. The number of aromatic nitrogens is 2. The van der Waals surface area contributed by atoms with Gasteiger partial charge in [0.1, 0.15) is 5.75 Å². The van der Waals surface area contributed by atoms with Gasteiger partial charge in [0, 0.05) is 28.8 Å². The largest absolute Gasteiger partial charge is 0.496 e. The number of amides is 1. The molecular weight excluding hydrogens is 428 g/mol. The van der Waals surface area contributed by atoms with Crippen LogP contribution in [0.25, 0.3) is 22.9 Å². The lowest BCUT2D eigenvalue weighted by atomic mass is 10.0. The topological polar surface area (TPSA) is 80.5 Å². The Bertz CT molecular complexity index is 1250. The van der Waals surface area contributed by atoms with Crippen molar-refractivity contribution in [3.63, 3.8) is 0 Å². The SMILES string of the molecule is COc1ccccc1C(CNC(=O)c1ccc(-c2nnc(-c3ccc(C)cc3)o2)cc1)N(C)C. The average Bonchev–Trinajstić information content (AvgIpc) is 3.35. The number of carbonyl (C=O) groups is 1. The second kappa shape index (κ2) is 10.3. The zero-order chi connectivity index (χ0) is 24.1. The second-order valence-corrected chi connectivity index (χ2v) is 8.29. The Morgan fingerprint density at radius 1 is 0.941 bits per heavy atom. The molecule has 1 unspecified atom stereocenters. The van der Waals surface area contributed by atoms with E-state index in [1.54, 1.807) is 19.2 Å². The molecule has 0 aliphatic rings. The third-order valence-corrected chi connectivity index (χ3v) is 5.69. The highest BCUT2D eigenvalue weighted by atomic mass is 16.5. The number of para-hydroxylation sites is 1. The molecule has 7 nitrogen and oxygen atoms in total. The molecule has 7 heteroatoms. The predicted molar refractivity (Wildman–Crippen MR) is 132 cm³/mol. The molecule has 1 amide bonds.